The Bertz CT molecular complexity index is 702. The Morgan fingerprint density at radius 1 is 1.28 bits per heavy atom. The molecule has 0 saturated heterocycles. The Morgan fingerprint density at radius 3 is 2.84 bits per heavy atom. The van der Waals surface area contributed by atoms with Gasteiger partial charge in [-0.25, -0.2) is 4.98 Å². The van der Waals surface area contributed by atoms with Crippen molar-refractivity contribution in [2.45, 2.75) is 70.9 Å². The molecule has 1 aliphatic carbocycles. The standard InChI is InChI=1S/C20H29N3O2/c1-3-4-5-14-25-17-9-7-16(8-10-17)22-20(24)18-11-6-15(2)23-13-12-21-19(18)23/h6,11-13,16-17H,3-5,7-10,14H2,1-2H3,(H,22,24)/t16-,17-. The highest BCUT2D eigenvalue weighted by atomic mass is 16.5. The highest BCUT2D eigenvalue weighted by Gasteiger charge is 2.24. The molecule has 0 bridgehead atoms. The van der Waals surface area contributed by atoms with E-state index in [4.69, 9.17) is 4.74 Å². The van der Waals surface area contributed by atoms with Crippen molar-refractivity contribution in [3.8, 4) is 0 Å². The number of hydrogen-bond acceptors (Lipinski definition) is 3. The zero-order valence-electron chi connectivity index (χ0n) is 15.3. The maximum absolute atomic E-state index is 12.7. The van der Waals surface area contributed by atoms with E-state index in [1.165, 1.54) is 12.8 Å². The van der Waals surface area contributed by atoms with Gasteiger partial charge >= 0.3 is 0 Å². The van der Waals surface area contributed by atoms with Gasteiger partial charge in [0.05, 0.1) is 11.7 Å². The number of aromatic nitrogens is 2. The second-order valence-corrected chi connectivity index (χ2v) is 7.03. The summed E-state index contributed by atoms with van der Waals surface area (Å²) in [6, 6.07) is 4.07. The van der Waals surface area contributed by atoms with Crippen LogP contribution in [-0.4, -0.2) is 34.0 Å². The molecule has 5 heteroatoms. The second-order valence-electron chi connectivity index (χ2n) is 7.03. The van der Waals surface area contributed by atoms with Crippen LogP contribution in [-0.2, 0) is 4.74 Å². The number of pyridine rings is 1. The van der Waals surface area contributed by atoms with Crippen LogP contribution in [0.1, 0.15) is 67.9 Å². The zero-order valence-corrected chi connectivity index (χ0v) is 15.3. The van der Waals surface area contributed by atoms with Crippen LogP contribution in [0, 0.1) is 6.92 Å². The molecule has 2 aromatic rings. The number of rotatable bonds is 7. The first-order chi connectivity index (χ1) is 12.2. The lowest BCUT2D eigenvalue weighted by Crippen LogP contribution is -2.39. The quantitative estimate of drug-likeness (QED) is 0.776. The van der Waals surface area contributed by atoms with Gasteiger partial charge in [0, 0.05) is 30.7 Å². The summed E-state index contributed by atoms with van der Waals surface area (Å²) in [6.45, 7) is 5.09. The molecule has 1 N–H and O–H groups in total. The summed E-state index contributed by atoms with van der Waals surface area (Å²) in [4.78, 5) is 17.0. The predicted octanol–water partition coefficient (Wildman–Crippen LogP) is 3.89. The van der Waals surface area contributed by atoms with Gasteiger partial charge in [0.15, 0.2) is 0 Å². The minimum Gasteiger partial charge on any atom is -0.378 e. The number of nitrogens with zero attached hydrogens (tertiary/aromatic N) is 2. The lowest BCUT2D eigenvalue weighted by Gasteiger charge is -2.29. The molecule has 1 aliphatic rings. The molecule has 0 aliphatic heterocycles. The number of carbonyl (C=O) groups excluding carboxylic acids is 1. The summed E-state index contributed by atoms with van der Waals surface area (Å²) in [5.74, 6) is -0.0245. The first-order valence-corrected chi connectivity index (χ1v) is 9.54. The summed E-state index contributed by atoms with van der Waals surface area (Å²) >= 11 is 0. The van der Waals surface area contributed by atoms with E-state index in [9.17, 15) is 4.79 Å². The third kappa shape index (κ3) is 4.40. The van der Waals surface area contributed by atoms with E-state index in [0.717, 1.165) is 50.1 Å². The normalized spacial score (nSPS) is 20.7. The Kier molecular flexibility index (Phi) is 6.08. The van der Waals surface area contributed by atoms with E-state index in [1.54, 1.807) is 6.20 Å². The molecule has 0 spiro atoms. The number of carbonyl (C=O) groups is 1. The SMILES string of the molecule is CCCCCO[C@H]1CC[C@H](NC(=O)c2ccc(C)n3ccnc23)CC1. The fourth-order valence-electron chi connectivity index (χ4n) is 3.56. The van der Waals surface area contributed by atoms with Crippen LogP contribution in [0.5, 0.6) is 0 Å². The Hall–Kier alpha value is -1.88. The van der Waals surface area contributed by atoms with Crippen molar-refractivity contribution in [2.75, 3.05) is 6.61 Å². The minimum absolute atomic E-state index is 0.0245. The van der Waals surface area contributed by atoms with Crippen LogP contribution >= 0.6 is 0 Å². The maximum atomic E-state index is 12.7. The number of hydrogen-bond donors (Lipinski definition) is 1. The molecule has 25 heavy (non-hydrogen) atoms. The number of aryl methyl sites for hydroxylation is 1. The van der Waals surface area contributed by atoms with Gasteiger partial charge in [-0.05, 0) is 51.2 Å². The Labute approximate surface area is 149 Å². The molecule has 0 unspecified atom stereocenters. The largest absolute Gasteiger partial charge is 0.378 e. The van der Waals surface area contributed by atoms with Crippen LogP contribution in [0.25, 0.3) is 5.65 Å². The Morgan fingerprint density at radius 2 is 2.08 bits per heavy atom. The highest BCUT2D eigenvalue weighted by Crippen LogP contribution is 2.22. The number of imidazole rings is 1. The molecule has 2 heterocycles. The smallest absolute Gasteiger partial charge is 0.255 e. The highest BCUT2D eigenvalue weighted by molar-refractivity contribution is 6.00. The molecule has 3 rings (SSSR count). The second kappa shape index (κ2) is 8.48. The summed E-state index contributed by atoms with van der Waals surface area (Å²) < 4.78 is 7.91. The van der Waals surface area contributed by atoms with E-state index < -0.39 is 0 Å². The number of fused-ring (bicyclic) bond motifs is 1. The van der Waals surface area contributed by atoms with E-state index in [2.05, 4.69) is 17.2 Å². The summed E-state index contributed by atoms with van der Waals surface area (Å²) in [7, 11) is 0. The molecule has 0 radical (unpaired) electrons. The molecule has 0 atom stereocenters. The zero-order chi connectivity index (χ0) is 17.6. The monoisotopic (exact) mass is 343 g/mol. The van der Waals surface area contributed by atoms with Crippen LogP contribution in [0.3, 0.4) is 0 Å². The lowest BCUT2D eigenvalue weighted by atomic mass is 9.92. The average Bonchev–Trinajstić information content (AvgIpc) is 3.11. The van der Waals surface area contributed by atoms with E-state index in [0.29, 0.717) is 11.7 Å². The molecular formula is C20H29N3O2. The molecule has 2 aromatic heterocycles. The topological polar surface area (TPSA) is 55.6 Å². The van der Waals surface area contributed by atoms with Crippen molar-refractivity contribution in [3.63, 3.8) is 0 Å². The molecule has 1 amide bonds. The number of unbranched alkanes of at least 4 members (excludes halogenated alkanes) is 2. The molecular weight excluding hydrogens is 314 g/mol. The van der Waals surface area contributed by atoms with Crippen molar-refractivity contribution in [1.82, 2.24) is 14.7 Å². The third-order valence-electron chi connectivity index (χ3n) is 5.11. The van der Waals surface area contributed by atoms with Gasteiger partial charge in [0.1, 0.15) is 5.65 Å². The summed E-state index contributed by atoms with van der Waals surface area (Å²) in [6.07, 6.45) is 11.6. The van der Waals surface area contributed by atoms with Gasteiger partial charge < -0.3 is 14.5 Å². The number of ether oxygens (including phenoxy) is 1. The van der Waals surface area contributed by atoms with Crippen molar-refractivity contribution in [3.05, 3.63) is 35.8 Å². The minimum atomic E-state index is -0.0245. The van der Waals surface area contributed by atoms with Gasteiger partial charge in [0.2, 0.25) is 0 Å². The fourth-order valence-corrected chi connectivity index (χ4v) is 3.56. The first kappa shape index (κ1) is 17.9. The van der Waals surface area contributed by atoms with Gasteiger partial charge in [-0.1, -0.05) is 19.8 Å². The third-order valence-corrected chi connectivity index (χ3v) is 5.11. The molecule has 5 nitrogen and oxygen atoms in total. The van der Waals surface area contributed by atoms with Gasteiger partial charge in [-0.2, -0.15) is 0 Å². The van der Waals surface area contributed by atoms with E-state index >= 15 is 0 Å². The number of amides is 1. The first-order valence-electron chi connectivity index (χ1n) is 9.54. The summed E-state index contributed by atoms with van der Waals surface area (Å²) in [5.41, 5.74) is 2.45. The van der Waals surface area contributed by atoms with Crippen LogP contribution in [0.4, 0.5) is 0 Å². The molecule has 0 aromatic carbocycles. The fraction of sp³-hybridized carbons (Fsp3) is 0.600. The van der Waals surface area contributed by atoms with Gasteiger partial charge in [-0.15, -0.1) is 0 Å². The van der Waals surface area contributed by atoms with Crippen molar-refractivity contribution < 1.29 is 9.53 Å². The van der Waals surface area contributed by atoms with Crippen molar-refractivity contribution >= 4 is 11.6 Å². The predicted molar refractivity (Wildman–Crippen MR) is 98.9 cm³/mol. The molecule has 1 saturated carbocycles. The molecule has 136 valence electrons. The van der Waals surface area contributed by atoms with E-state index in [-0.39, 0.29) is 11.9 Å². The van der Waals surface area contributed by atoms with Gasteiger partial charge in [0.25, 0.3) is 5.91 Å². The average molecular weight is 343 g/mol. The lowest BCUT2D eigenvalue weighted by molar-refractivity contribution is 0.0205. The van der Waals surface area contributed by atoms with Gasteiger partial charge in [-0.3, -0.25) is 4.79 Å². The van der Waals surface area contributed by atoms with Crippen molar-refractivity contribution in [1.29, 1.82) is 0 Å². The van der Waals surface area contributed by atoms with Crippen LogP contribution in [0.15, 0.2) is 24.5 Å². The summed E-state index contributed by atoms with van der Waals surface area (Å²) in [5, 5.41) is 3.19. The maximum Gasteiger partial charge on any atom is 0.255 e. The van der Waals surface area contributed by atoms with E-state index in [1.807, 2.05) is 29.7 Å². The molecule has 1 fully saturated rings. The Balaban J connectivity index is 1.51. The van der Waals surface area contributed by atoms with Crippen LogP contribution in [0.2, 0.25) is 0 Å². The van der Waals surface area contributed by atoms with Crippen LogP contribution < -0.4 is 5.32 Å². The number of nitrogens with one attached hydrogen (secondary N) is 1. The van der Waals surface area contributed by atoms with Crippen molar-refractivity contribution in [2.24, 2.45) is 0 Å².